The number of carbonyl (C=O) groups is 2. The molecule has 7 nitrogen and oxygen atoms in total. The molecule has 1 saturated heterocycles. The van der Waals surface area contributed by atoms with Gasteiger partial charge in [-0.2, -0.15) is 0 Å². The number of benzene rings is 1. The smallest absolute Gasteiger partial charge is 0.410 e. The molecule has 1 heterocycles. The molecular weight excluding hydrogens is 372 g/mol. The first kappa shape index (κ1) is 23.0. The molecule has 162 valence electrons. The van der Waals surface area contributed by atoms with Gasteiger partial charge < -0.3 is 24.8 Å². The van der Waals surface area contributed by atoms with E-state index in [1.54, 1.807) is 24.1 Å². The number of amides is 2. The van der Waals surface area contributed by atoms with Crippen LogP contribution < -0.4 is 5.32 Å². The summed E-state index contributed by atoms with van der Waals surface area (Å²) in [6, 6.07) is 6.74. The average Bonchev–Trinajstić information content (AvgIpc) is 3.12. The Balaban J connectivity index is 1.93. The summed E-state index contributed by atoms with van der Waals surface area (Å²) in [4.78, 5) is 26.9. The molecule has 29 heavy (non-hydrogen) atoms. The Labute approximate surface area is 173 Å². The number of ether oxygens (including phenoxy) is 2. The summed E-state index contributed by atoms with van der Waals surface area (Å²) in [5.74, 6) is -0.292. The van der Waals surface area contributed by atoms with Crippen LogP contribution in [0.1, 0.15) is 46.1 Å². The number of phenolic OH excluding ortho intramolecular Hbond substituents is 1. The van der Waals surface area contributed by atoms with Crippen molar-refractivity contribution in [3.8, 4) is 5.75 Å². The molecular formula is C22H34N2O5. The Kier molecular flexibility index (Phi) is 7.90. The lowest BCUT2D eigenvalue weighted by molar-refractivity contribution is -0.130. The molecule has 0 saturated carbocycles. The van der Waals surface area contributed by atoms with Gasteiger partial charge in [-0.1, -0.05) is 19.1 Å². The van der Waals surface area contributed by atoms with E-state index in [2.05, 4.69) is 5.32 Å². The lowest BCUT2D eigenvalue weighted by Gasteiger charge is -2.34. The van der Waals surface area contributed by atoms with Crippen molar-refractivity contribution in [1.82, 2.24) is 10.2 Å². The molecule has 0 spiro atoms. The van der Waals surface area contributed by atoms with Gasteiger partial charge in [0, 0.05) is 20.2 Å². The molecule has 1 aromatic carbocycles. The summed E-state index contributed by atoms with van der Waals surface area (Å²) >= 11 is 0. The van der Waals surface area contributed by atoms with E-state index < -0.39 is 17.6 Å². The van der Waals surface area contributed by atoms with Gasteiger partial charge in [0.2, 0.25) is 5.91 Å². The predicted molar refractivity (Wildman–Crippen MR) is 111 cm³/mol. The zero-order valence-electron chi connectivity index (χ0n) is 18.1. The molecule has 1 aliphatic heterocycles. The lowest BCUT2D eigenvalue weighted by Crippen LogP contribution is -2.50. The lowest BCUT2D eigenvalue weighted by atomic mass is 9.95. The van der Waals surface area contributed by atoms with Gasteiger partial charge in [0.15, 0.2) is 0 Å². The molecule has 0 radical (unpaired) electrons. The van der Waals surface area contributed by atoms with Crippen LogP contribution in [0.15, 0.2) is 24.3 Å². The molecule has 1 aliphatic rings. The van der Waals surface area contributed by atoms with E-state index in [-0.39, 0.29) is 23.8 Å². The number of carbonyl (C=O) groups excluding carboxylic acids is 2. The zero-order chi connectivity index (χ0) is 21.6. The third-order valence-corrected chi connectivity index (χ3v) is 5.13. The number of hydrogen-bond acceptors (Lipinski definition) is 5. The third kappa shape index (κ3) is 6.63. The zero-order valence-corrected chi connectivity index (χ0v) is 18.1. The van der Waals surface area contributed by atoms with Gasteiger partial charge in [-0.25, -0.2) is 4.79 Å². The molecule has 0 bridgehead atoms. The van der Waals surface area contributed by atoms with Gasteiger partial charge >= 0.3 is 6.09 Å². The van der Waals surface area contributed by atoms with E-state index in [0.29, 0.717) is 19.5 Å². The fourth-order valence-corrected chi connectivity index (χ4v) is 3.68. The first-order valence-corrected chi connectivity index (χ1v) is 10.2. The minimum Gasteiger partial charge on any atom is -0.508 e. The van der Waals surface area contributed by atoms with Gasteiger partial charge in [0.05, 0.1) is 18.1 Å². The van der Waals surface area contributed by atoms with Crippen LogP contribution in [0.4, 0.5) is 4.79 Å². The van der Waals surface area contributed by atoms with Crippen LogP contribution >= 0.6 is 0 Å². The summed E-state index contributed by atoms with van der Waals surface area (Å²) in [6.45, 7) is 8.45. The number of hydrogen-bond donors (Lipinski definition) is 2. The number of phenols is 1. The van der Waals surface area contributed by atoms with E-state index in [9.17, 15) is 14.7 Å². The molecule has 0 unspecified atom stereocenters. The van der Waals surface area contributed by atoms with Crippen LogP contribution in [-0.2, 0) is 20.7 Å². The van der Waals surface area contributed by atoms with Gasteiger partial charge in [0.1, 0.15) is 11.4 Å². The SMILES string of the molecule is CO[C@H]([C@@H](C)C(=O)NCCc1ccc(O)cc1)[C@@H]1CCCN1C(=O)OC(C)(C)C. The van der Waals surface area contributed by atoms with Crippen molar-refractivity contribution in [3.05, 3.63) is 29.8 Å². The highest BCUT2D eigenvalue weighted by atomic mass is 16.6. The number of nitrogens with one attached hydrogen (secondary N) is 1. The Morgan fingerprint density at radius 1 is 1.28 bits per heavy atom. The number of rotatable bonds is 7. The van der Waals surface area contributed by atoms with Crippen molar-refractivity contribution in [2.75, 3.05) is 20.2 Å². The van der Waals surface area contributed by atoms with E-state index in [4.69, 9.17) is 9.47 Å². The fourth-order valence-electron chi connectivity index (χ4n) is 3.68. The summed E-state index contributed by atoms with van der Waals surface area (Å²) in [5, 5.41) is 12.3. The predicted octanol–water partition coefficient (Wildman–Crippen LogP) is 3.10. The molecule has 3 atom stereocenters. The van der Waals surface area contributed by atoms with E-state index in [1.165, 1.54) is 0 Å². The second-order valence-electron chi connectivity index (χ2n) is 8.58. The molecule has 2 amide bonds. The van der Waals surface area contributed by atoms with E-state index in [1.807, 2.05) is 39.8 Å². The second-order valence-corrected chi connectivity index (χ2v) is 8.58. The highest BCUT2D eigenvalue weighted by molar-refractivity contribution is 5.79. The Morgan fingerprint density at radius 2 is 1.93 bits per heavy atom. The van der Waals surface area contributed by atoms with Crippen LogP contribution in [0.25, 0.3) is 0 Å². The highest BCUT2D eigenvalue weighted by Gasteiger charge is 2.41. The van der Waals surface area contributed by atoms with Crippen LogP contribution in [0.2, 0.25) is 0 Å². The minimum absolute atomic E-state index is 0.105. The molecule has 7 heteroatoms. The molecule has 2 N–H and O–H groups in total. The maximum Gasteiger partial charge on any atom is 0.410 e. The van der Waals surface area contributed by atoms with Gasteiger partial charge in [-0.05, 0) is 57.7 Å². The quantitative estimate of drug-likeness (QED) is 0.726. The molecule has 1 aromatic rings. The van der Waals surface area contributed by atoms with Crippen molar-refractivity contribution in [1.29, 1.82) is 0 Å². The first-order chi connectivity index (χ1) is 13.6. The fraction of sp³-hybridized carbons (Fsp3) is 0.636. The Bertz CT molecular complexity index is 683. The second kappa shape index (κ2) is 9.96. The van der Waals surface area contributed by atoms with Crippen LogP contribution in [-0.4, -0.2) is 60.0 Å². The van der Waals surface area contributed by atoms with Crippen LogP contribution in [0.3, 0.4) is 0 Å². The summed E-state index contributed by atoms with van der Waals surface area (Å²) in [5.41, 5.74) is 0.468. The normalized spacial score (nSPS) is 18.9. The summed E-state index contributed by atoms with van der Waals surface area (Å²) in [7, 11) is 1.58. The van der Waals surface area contributed by atoms with Crippen molar-refractivity contribution < 1.29 is 24.2 Å². The highest BCUT2D eigenvalue weighted by Crippen LogP contribution is 2.28. The minimum atomic E-state index is -0.565. The van der Waals surface area contributed by atoms with Gasteiger partial charge in [0.25, 0.3) is 0 Å². The van der Waals surface area contributed by atoms with Crippen molar-refractivity contribution in [3.63, 3.8) is 0 Å². The van der Waals surface area contributed by atoms with E-state index >= 15 is 0 Å². The first-order valence-electron chi connectivity index (χ1n) is 10.2. The third-order valence-electron chi connectivity index (χ3n) is 5.13. The van der Waals surface area contributed by atoms with Crippen LogP contribution in [0.5, 0.6) is 5.75 Å². The van der Waals surface area contributed by atoms with Crippen molar-refractivity contribution in [2.45, 2.75) is 64.7 Å². The number of nitrogens with zero attached hydrogens (tertiary/aromatic N) is 1. The maximum absolute atomic E-state index is 12.7. The Morgan fingerprint density at radius 3 is 2.52 bits per heavy atom. The molecule has 1 fully saturated rings. The molecule has 0 aromatic heterocycles. The van der Waals surface area contributed by atoms with E-state index in [0.717, 1.165) is 18.4 Å². The van der Waals surface area contributed by atoms with Crippen molar-refractivity contribution in [2.24, 2.45) is 5.92 Å². The number of likely N-dealkylation sites (tertiary alicyclic amines) is 1. The number of aromatic hydroxyl groups is 1. The topological polar surface area (TPSA) is 88.1 Å². The molecule has 2 rings (SSSR count). The maximum atomic E-state index is 12.7. The Hall–Kier alpha value is -2.28. The molecule has 0 aliphatic carbocycles. The number of methoxy groups -OCH3 is 1. The van der Waals surface area contributed by atoms with Crippen molar-refractivity contribution >= 4 is 12.0 Å². The standard InChI is InChI=1S/C22H34N2O5/c1-15(20(26)23-13-12-16-8-10-17(25)11-9-16)19(28-5)18-7-6-14-24(18)21(27)29-22(2,3)4/h8-11,15,18-19,25H,6-7,12-14H2,1-5H3,(H,23,26)/t15-,18+,19-/m1/s1. The monoisotopic (exact) mass is 406 g/mol. The summed E-state index contributed by atoms with van der Waals surface area (Å²) < 4.78 is 11.2. The van der Waals surface area contributed by atoms with Gasteiger partial charge in [-0.15, -0.1) is 0 Å². The average molecular weight is 407 g/mol. The van der Waals surface area contributed by atoms with Crippen LogP contribution in [0, 0.1) is 5.92 Å². The largest absolute Gasteiger partial charge is 0.508 e. The van der Waals surface area contributed by atoms with Gasteiger partial charge in [-0.3, -0.25) is 4.79 Å². The summed E-state index contributed by atoms with van der Waals surface area (Å²) in [6.07, 6.45) is 1.55.